The van der Waals surface area contributed by atoms with Crippen molar-refractivity contribution in [3.63, 3.8) is 0 Å². The van der Waals surface area contributed by atoms with Crippen LogP contribution in [0.2, 0.25) is 0 Å². The Morgan fingerprint density at radius 1 is 0.903 bits per heavy atom. The summed E-state index contributed by atoms with van der Waals surface area (Å²) in [4.78, 5) is 41.7. The van der Waals surface area contributed by atoms with Crippen molar-refractivity contribution < 1.29 is 23.9 Å². The maximum Gasteiger partial charge on any atom is 0.324 e. The normalized spacial score (nSPS) is 20.6. The third kappa shape index (κ3) is 4.54. The minimum absolute atomic E-state index is 0.0301. The maximum absolute atomic E-state index is 13.6. The van der Waals surface area contributed by atoms with Crippen molar-refractivity contribution in [1.29, 1.82) is 0 Å². The molecule has 0 radical (unpaired) electrons. The molecule has 1 aliphatic rings. The molecule has 0 saturated carbocycles. The molecule has 1 aliphatic heterocycles. The predicted molar refractivity (Wildman–Crippen MR) is 116 cm³/mol. The van der Waals surface area contributed by atoms with Crippen LogP contribution >= 0.6 is 0 Å². The van der Waals surface area contributed by atoms with E-state index in [-0.39, 0.29) is 38.0 Å². The minimum Gasteiger partial charge on any atom is -0.465 e. The van der Waals surface area contributed by atoms with E-state index in [2.05, 4.69) is 0 Å². The summed E-state index contributed by atoms with van der Waals surface area (Å²) in [5.74, 6) is -2.02. The van der Waals surface area contributed by atoms with Crippen molar-refractivity contribution in [3.05, 3.63) is 71.8 Å². The molecule has 0 spiro atoms. The predicted octanol–water partition coefficient (Wildman–Crippen LogP) is 3.67. The van der Waals surface area contributed by atoms with E-state index in [0.29, 0.717) is 5.56 Å². The summed E-state index contributed by atoms with van der Waals surface area (Å²) in [7, 11) is 1.83. The first-order valence-corrected chi connectivity index (χ1v) is 10.6. The fourth-order valence-electron chi connectivity index (χ4n) is 4.49. The molecular weight excluding hydrogens is 394 g/mol. The Kier molecular flexibility index (Phi) is 7.23. The minimum atomic E-state index is -1.55. The molecule has 2 atom stereocenters. The van der Waals surface area contributed by atoms with Crippen LogP contribution in [0.15, 0.2) is 60.7 Å². The van der Waals surface area contributed by atoms with Gasteiger partial charge in [-0.15, -0.1) is 0 Å². The summed E-state index contributed by atoms with van der Waals surface area (Å²) in [6.45, 7) is 3.79. The fraction of sp³-hybridized carbons (Fsp3) is 0.400. The molecule has 0 bridgehead atoms. The van der Waals surface area contributed by atoms with E-state index in [4.69, 9.17) is 9.47 Å². The highest BCUT2D eigenvalue weighted by Crippen LogP contribution is 2.46. The summed E-state index contributed by atoms with van der Waals surface area (Å²) >= 11 is 0. The number of rotatable bonds is 7. The first-order valence-electron chi connectivity index (χ1n) is 10.6. The average molecular weight is 424 g/mol. The lowest BCUT2D eigenvalue weighted by Gasteiger charge is -2.46. The second-order valence-electron chi connectivity index (χ2n) is 7.83. The lowest BCUT2D eigenvalue weighted by molar-refractivity contribution is -0.179. The van der Waals surface area contributed by atoms with Gasteiger partial charge in [-0.05, 0) is 32.9 Å². The zero-order valence-corrected chi connectivity index (χ0v) is 18.2. The maximum atomic E-state index is 13.6. The van der Waals surface area contributed by atoms with Gasteiger partial charge in [0.25, 0.3) is 0 Å². The van der Waals surface area contributed by atoms with Crippen LogP contribution < -0.4 is 0 Å². The highest BCUT2D eigenvalue weighted by atomic mass is 16.6. The summed E-state index contributed by atoms with van der Waals surface area (Å²) in [5, 5.41) is 0. The molecule has 6 nitrogen and oxygen atoms in total. The summed E-state index contributed by atoms with van der Waals surface area (Å²) in [6, 6.07) is 18.4. The van der Waals surface area contributed by atoms with Gasteiger partial charge in [-0.2, -0.15) is 0 Å². The first-order chi connectivity index (χ1) is 14.9. The van der Waals surface area contributed by atoms with E-state index >= 15 is 0 Å². The highest BCUT2D eigenvalue weighted by Gasteiger charge is 2.57. The van der Waals surface area contributed by atoms with Gasteiger partial charge in [0.1, 0.15) is 0 Å². The number of esters is 2. The Labute approximate surface area is 183 Å². The number of likely N-dealkylation sites (tertiary alicyclic amines) is 1. The summed E-state index contributed by atoms with van der Waals surface area (Å²) in [5.41, 5.74) is -0.0489. The van der Waals surface area contributed by atoms with Crippen LogP contribution in [0.3, 0.4) is 0 Å². The van der Waals surface area contributed by atoms with E-state index in [1.54, 1.807) is 38.1 Å². The monoisotopic (exact) mass is 423 g/mol. The van der Waals surface area contributed by atoms with Crippen LogP contribution in [0.4, 0.5) is 0 Å². The van der Waals surface area contributed by atoms with Crippen molar-refractivity contribution in [2.45, 2.75) is 26.3 Å². The van der Waals surface area contributed by atoms with Gasteiger partial charge >= 0.3 is 11.9 Å². The largest absolute Gasteiger partial charge is 0.465 e. The Balaban J connectivity index is 2.10. The Hall–Kier alpha value is -2.99. The van der Waals surface area contributed by atoms with Crippen LogP contribution in [0.25, 0.3) is 0 Å². The van der Waals surface area contributed by atoms with Crippen molar-refractivity contribution in [2.24, 2.45) is 11.3 Å². The molecule has 1 fully saturated rings. The van der Waals surface area contributed by atoms with E-state index in [1.165, 1.54) is 0 Å². The van der Waals surface area contributed by atoms with Crippen molar-refractivity contribution in [2.75, 3.05) is 26.8 Å². The van der Waals surface area contributed by atoms with Crippen LogP contribution in [-0.2, 0) is 19.1 Å². The number of carbonyl (C=O) groups excluding carboxylic acids is 3. The Bertz CT molecular complexity index is 894. The number of ketones is 1. The van der Waals surface area contributed by atoms with Gasteiger partial charge in [0.2, 0.25) is 0 Å². The van der Waals surface area contributed by atoms with E-state index in [9.17, 15) is 14.4 Å². The Morgan fingerprint density at radius 2 is 1.42 bits per heavy atom. The lowest BCUT2D eigenvalue weighted by atomic mass is 9.68. The number of carbonyl (C=O) groups is 3. The third-order valence-electron chi connectivity index (χ3n) is 5.81. The lowest BCUT2D eigenvalue weighted by Crippen LogP contribution is -2.57. The molecule has 0 amide bonds. The van der Waals surface area contributed by atoms with Gasteiger partial charge in [-0.1, -0.05) is 60.7 Å². The molecule has 31 heavy (non-hydrogen) atoms. The molecule has 3 rings (SSSR count). The van der Waals surface area contributed by atoms with Crippen LogP contribution in [0.1, 0.15) is 42.2 Å². The first kappa shape index (κ1) is 22.7. The third-order valence-corrected chi connectivity index (χ3v) is 5.81. The number of hydrogen-bond donors (Lipinski definition) is 0. The summed E-state index contributed by atoms with van der Waals surface area (Å²) in [6.07, 6.45) is 0.0301. The molecule has 6 heteroatoms. The number of hydrogen-bond acceptors (Lipinski definition) is 6. The molecule has 0 N–H and O–H groups in total. The van der Waals surface area contributed by atoms with Crippen molar-refractivity contribution >= 4 is 17.7 Å². The molecule has 164 valence electrons. The van der Waals surface area contributed by atoms with E-state index < -0.39 is 23.3 Å². The fourth-order valence-corrected chi connectivity index (χ4v) is 4.49. The van der Waals surface area contributed by atoms with Crippen molar-refractivity contribution in [3.8, 4) is 0 Å². The number of benzene rings is 2. The van der Waals surface area contributed by atoms with Gasteiger partial charge in [0.05, 0.1) is 13.2 Å². The molecule has 0 aliphatic carbocycles. The average Bonchev–Trinajstić information content (AvgIpc) is 2.79. The standard InChI is InChI=1S/C25H29NO5/c1-4-30-23(28)25(24(29)31-5-2)16-20(22(27)19-14-10-7-11-15-19)21(26(3)17-25)18-12-8-6-9-13-18/h6-15,20-21H,4-5,16-17H2,1-3H3. The van der Waals surface area contributed by atoms with Gasteiger partial charge in [0.15, 0.2) is 11.2 Å². The van der Waals surface area contributed by atoms with Crippen LogP contribution in [-0.4, -0.2) is 49.4 Å². The molecule has 2 aromatic rings. The SMILES string of the molecule is CCOC(=O)C1(C(=O)OCC)CC(C(=O)c2ccccc2)C(c2ccccc2)N(C)C1. The molecule has 0 aromatic heterocycles. The van der Waals surface area contributed by atoms with Gasteiger partial charge < -0.3 is 9.47 Å². The van der Waals surface area contributed by atoms with Gasteiger partial charge in [-0.25, -0.2) is 0 Å². The molecule has 1 saturated heterocycles. The molecule has 2 unspecified atom stereocenters. The number of ether oxygens (including phenoxy) is 2. The zero-order chi connectivity index (χ0) is 22.4. The Morgan fingerprint density at radius 3 is 1.94 bits per heavy atom. The molecule has 2 aromatic carbocycles. The number of Topliss-reactive ketones (excluding diaryl/α,β-unsaturated/α-hetero) is 1. The second-order valence-corrected chi connectivity index (χ2v) is 7.83. The van der Waals surface area contributed by atoms with E-state index in [1.807, 2.05) is 48.3 Å². The quantitative estimate of drug-likeness (QED) is 0.384. The van der Waals surface area contributed by atoms with E-state index in [0.717, 1.165) is 5.56 Å². The van der Waals surface area contributed by atoms with Gasteiger partial charge in [0, 0.05) is 24.1 Å². The smallest absolute Gasteiger partial charge is 0.324 e. The van der Waals surface area contributed by atoms with Crippen LogP contribution in [0.5, 0.6) is 0 Å². The summed E-state index contributed by atoms with van der Waals surface area (Å²) < 4.78 is 10.6. The molecular formula is C25H29NO5. The zero-order valence-electron chi connectivity index (χ0n) is 18.2. The van der Waals surface area contributed by atoms with Crippen LogP contribution in [0, 0.1) is 11.3 Å². The number of piperidine rings is 1. The number of nitrogens with zero attached hydrogens (tertiary/aromatic N) is 1. The highest BCUT2D eigenvalue weighted by molar-refractivity contribution is 6.03. The topological polar surface area (TPSA) is 72.9 Å². The van der Waals surface area contributed by atoms with Crippen molar-refractivity contribution in [1.82, 2.24) is 4.90 Å². The van der Waals surface area contributed by atoms with Gasteiger partial charge in [-0.3, -0.25) is 19.3 Å². The molecule has 1 heterocycles. The second kappa shape index (κ2) is 9.88.